The molecule has 1 aromatic heterocycles. The number of aromatic nitrogens is 1. The lowest BCUT2D eigenvalue weighted by molar-refractivity contribution is 0.101. The molecule has 0 saturated carbocycles. The smallest absolute Gasteiger partial charge is 0.262 e. The molecule has 2 heterocycles. The monoisotopic (exact) mass is 412 g/mol. The third-order valence-corrected chi connectivity index (χ3v) is 4.18. The molecule has 6 nitrogen and oxygen atoms in total. The van der Waals surface area contributed by atoms with Gasteiger partial charge in [-0.3, -0.25) is 9.59 Å². The zero-order valence-electron chi connectivity index (χ0n) is 16.2. The first kappa shape index (κ1) is 20.9. The van der Waals surface area contributed by atoms with Crippen molar-refractivity contribution >= 4 is 18.0 Å². The number of nitrogens with zero attached hydrogens (tertiary/aromatic N) is 1. The van der Waals surface area contributed by atoms with Gasteiger partial charge in [-0.1, -0.05) is 19.9 Å². The molecule has 0 unspecified atom stereocenters. The van der Waals surface area contributed by atoms with E-state index in [0.29, 0.717) is 34.5 Å². The summed E-state index contributed by atoms with van der Waals surface area (Å²) in [4.78, 5) is 27.6. The van der Waals surface area contributed by atoms with Crippen LogP contribution in [-0.4, -0.2) is 24.0 Å². The fourth-order valence-electron chi connectivity index (χ4n) is 2.83. The first-order chi connectivity index (χ1) is 14.6. The molecule has 0 saturated heterocycles. The molecule has 0 spiro atoms. The number of pyridine rings is 1. The normalized spacial score (nSPS) is 11.3. The third kappa shape index (κ3) is 4.12. The Morgan fingerprint density at radius 3 is 2.33 bits per heavy atom. The number of carbonyl (C=O) groups is 2. The van der Waals surface area contributed by atoms with Crippen molar-refractivity contribution in [3.8, 4) is 22.6 Å². The van der Waals surface area contributed by atoms with E-state index in [0.717, 1.165) is 12.1 Å². The Morgan fingerprint density at radius 2 is 1.73 bits per heavy atom. The minimum absolute atomic E-state index is 0.0763. The first-order valence-electron chi connectivity index (χ1n) is 9.17. The molecular formula is C22H18F2N2O4. The number of halogens is 2. The Labute approximate surface area is 171 Å². The molecule has 4 rings (SSSR count). The van der Waals surface area contributed by atoms with Crippen molar-refractivity contribution in [2.24, 2.45) is 0 Å². The third-order valence-electron chi connectivity index (χ3n) is 4.18. The van der Waals surface area contributed by atoms with Gasteiger partial charge in [-0.2, -0.15) is 0 Å². The summed E-state index contributed by atoms with van der Waals surface area (Å²) in [5, 5.41) is 2.34. The zero-order chi connectivity index (χ0) is 21.7. The van der Waals surface area contributed by atoms with Crippen LogP contribution in [0.2, 0.25) is 0 Å². The van der Waals surface area contributed by atoms with Gasteiger partial charge in [0.25, 0.3) is 5.91 Å². The van der Waals surface area contributed by atoms with Crippen molar-refractivity contribution in [3.63, 3.8) is 0 Å². The highest BCUT2D eigenvalue weighted by Crippen LogP contribution is 2.38. The quantitative estimate of drug-likeness (QED) is 0.620. The lowest BCUT2D eigenvalue weighted by Crippen LogP contribution is -2.16. The molecule has 2 aromatic carbocycles. The number of aldehydes is 1. The molecular weight excluding hydrogens is 394 g/mol. The maximum atomic E-state index is 13.7. The predicted octanol–water partition coefficient (Wildman–Crippen LogP) is 4.85. The van der Waals surface area contributed by atoms with E-state index in [2.05, 4.69) is 10.3 Å². The van der Waals surface area contributed by atoms with E-state index < -0.39 is 23.1 Å². The fraction of sp³-hybridized carbons (Fsp3) is 0.136. The van der Waals surface area contributed by atoms with Crippen molar-refractivity contribution < 1.29 is 27.8 Å². The predicted molar refractivity (Wildman–Crippen MR) is 107 cm³/mol. The Hall–Kier alpha value is -3.81. The minimum atomic E-state index is -0.967. The first-order valence-corrected chi connectivity index (χ1v) is 9.17. The number of fused-ring (bicyclic) bond motifs is 1. The lowest BCUT2D eigenvalue weighted by atomic mass is 10.0. The van der Waals surface area contributed by atoms with E-state index in [1.54, 1.807) is 18.2 Å². The van der Waals surface area contributed by atoms with Gasteiger partial charge in [-0.15, -0.1) is 0 Å². The molecule has 3 aromatic rings. The van der Waals surface area contributed by atoms with Crippen LogP contribution in [0.5, 0.6) is 11.5 Å². The molecule has 0 bridgehead atoms. The van der Waals surface area contributed by atoms with Crippen LogP contribution >= 0.6 is 0 Å². The van der Waals surface area contributed by atoms with Crippen LogP contribution in [0.4, 0.5) is 14.6 Å². The molecule has 8 heteroatoms. The average molecular weight is 412 g/mol. The van der Waals surface area contributed by atoms with Gasteiger partial charge >= 0.3 is 0 Å². The van der Waals surface area contributed by atoms with Gasteiger partial charge in [0.05, 0.1) is 0 Å². The second-order valence-corrected chi connectivity index (χ2v) is 5.89. The van der Waals surface area contributed by atoms with Crippen molar-refractivity contribution in [2.75, 3.05) is 12.1 Å². The summed E-state index contributed by atoms with van der Waals surface area (Å²) in [5.74, 6) is -1.80. The van der Waals surface area contributed by atoms with Gasteiger partial charge in [0.15, 0.2) is 17.8 Å². The van der Waals surface area contributed by atoms with Crippen LogP contribution in [0.15, 0.2) is 48.7 Å². The Bertz CT molecular complexity index is 1060. The van der Waals surface area contributed by atoms with Crippen LogP contribution in [0.3, 0.4) is 0 Å². The van der Waals surface area contributed by atoms with Crippen molar-refractivity contribution in [1.82, 2.24) is 4.98 Å². The van der Waals surface area contributed by atoms with Crippen LogP contribution in [-0.2, 0) is 0 Å². The number of benzene rings is 2. The summed E-state index contributed by atoms with van der Waals surface area (Å²) >= 11 is 0. The van der Waals surface area contributed by atoms with Gasteiger partial charge in [-0.05, 0) is 42.0 Å². The Kier molecular flexibility index (Phi) is 6.36. The number of hydrogen-bond donors (Lipinski definition) is 1. The molecule has 1 N–H and O–H groups in total. The SMILES string of the molecule is CC.O=Cc1cc2c(cc1-c1ccc(NC(=O)c3c(F)cccc3F)nc1)OCO2. The number of ether oxygens (including phenoxy) is 2. The van der Waals surface area contributed by atoms with Crippen LogP contribution < -0.4 is 14.8 Å². The van der Waals surface area contributed by atoms with Crippen LogP contribution in [0, 0.1) is 11.6 Å². The fourth-order valence-corrected chi connectivity index (χ4v) is 2.83. The standard InChI is InChI=1S/C20H12F2N2O4.C2H6/c21-14-2-1-3-15(22)19(14)20(26)24-18-5-4-11(8-23-18)13-7-17-16(27-10-28-17)6-12(13)9-25;1-2/h1-9H,10H2,(H,23,24,26);1-2H3. The number of amides is 1. The van der Waals surface area contributed by atoms with Gasteiger partial charge in [0, 0.05) is 17.3 Å². The second kappa shape index (κ2) is 9.13. The molecule has 0 atom stereocenters. The highest BCUT2D eigenvalue weighted by molar-refractivity contribution is 6.04. The number of anilines is 1. The minimum Gasteiger partial charge on any atom is -0.454 e. The molecule has 0 fully saturated rings. The van der Waals surface area contributed by atoms with E-state index in [1.165, 1.54) is 18.3 Å². The number of nitrogens with one attached hydrogen (secondary N) is 1. The van der Waals surface area contributed by atoms with Crippen molar-refractivity contribution in [2.45, 2.75) is 13.8 Å². The summed E-state index contributed by atoms with van der Waals surface area (Å²) in [6, 6.07) is 9.47. The highest BCUT2D eigenvalue weighted by atomic mass is 19.1. The van der Waals surface area contributed by atoms with Crippen LogP contribution in [0.1, 0.15) is 34.6 Å². The maximum Gasteiger partial charge on any atom is 0.262 e. The number of hydrogen-bond acceptors (Lipinski definition) is 5. The van der Waals surface area contributed by atoms with E-state index in [1.807, 2.05) is 13.8 Å². The van der Waals surface area contributed by atoms with Gasteiger partial charge in [-0.25, -0.2) is 13.8 Å². The van der Waals surface area contributed by atoms with Gasteiger partial charge in [0.2, 0.25) is 6.79 Å². The zero-order valence-corrected chi connectivity index (χ0v) is 16.2. The van der Waals surface area contributed by atoms with Crippen LogP contribution in [0.25, 0.3) is 11.1 Å². The average Bonchev–Trinajstić information content (AvgIpc) is 3.22. The second-order valence-electron chi connectivity index (χ2n) is 5.89. The summed E-state index contributed by atoms with van der Waals surface area (Å²) in [5.41, 5.74) is 0.865. The van der Waals surface area contributed by atoms with E-state index in [-0.39, 0.29) is 12.6 Å². The summed E-state index contributed by atoms with van der Waals surface area (Å²) in [6.07, 6.45) is 2.12. The molecule has 1 aliphatic rings. The van der Waals surface area contributed by atoms with Crippen molar-refractivity contribution in [3.05, 3.63) is 71.4 Å². The topological polar surface area (TPSA) is 77.5 Å². The Balaban J connectivity index is 0.00000124. The summed E-state index contributed by atoms with van der Waals surface area (Å²) in [7, 11) is 0. The summed E-state index contributed by atoms with van der Waals surface area (Å²) in [6.45, 7) is 4.08. The number of rotatable bonds is 4. The molecule has 30 heavy (non-hydrogen) atoms. The van der Waals surface area contributed by atoms with E-state index in [4.69, 9.17) is 9.47 Å². The van der Waals surface area contributed by atoms with Gasteiger partial charge in [0.1, 0.15) is 23.0 Å². The maximum absolute atomic E-state index is 13.7. The summed E-state index contributed by atoms with van der Waals surface area (Å²) < 4.78 is 38.0. The molecule has 1 amide bonds. The molecule has 154 valence electrons. The van der Waals surface area contributed by atoms with Crippen molar-refractivity contribution in [1.29, 1.82) is 0 Å². The van der Waals surface area contributed by atoms with Gasteiger partial charge < -0.3 is 14.8 Å². The molecule has 0 aliphatic carbocycles. The Morgan fingerprint density at radius 1 is 1.07 bits per heavy atom. The van der Waals surface area contributed by atoms with E-state index in [9.17, 15) is 18.4 Å². The van der Waals surface area contributed by atoms with E-state index >= 15 is 0 Å². The largest absolute Gasteiger partial charge is 0.454 e. The highest BCUT2D eigenvalue weighted by Gasteiger charge is 2.19. The molecule has 1 aliphatic heterocycles. The number of carbonyl (C=O) groups excluding carboxylic acids is 2. The molecule has 0 radical (unpaired) electrons. The lowest BCUT2D eigenvalue weighted by Gasteiger charge is -2.09.